The van der Waals surface area contributed by atoms with Gasteiger partial charge >= 0.3 is 0 Å². The van der Waals surface area contributed by atoms with Crippen molar-refractivity contribution in [2.75, 3.05) is 7.11 Å². The number of benzene rings is 2. The molecule has 0 amide bonds. The maximum Gasteiger partial charge on any atom is 0.204 e. The second-order valence-electron chi connectivity index (χ2n) is 4.32. The second-order valence-corrected chi connectivity index (χ2v) is 6.26. The van der Waals surface area contributed by atoms with E-state index in [2.05, 4.69) is 15.9 Å². The Bertz CT molecular complexity index is 792. The highest BCUT2D eigenvalue weighted by molar-refractivity contribution is 9.10. The van der Waals surface area contributed by atoms with Gasteiger partial charge < -0.3 is 4.74 Å². The number of hydrogen-bond acceptors (Lipinski definition) is 3. The van der Waals surface area contributed by atoms with Crippen LogP contribution < -0.4 is 4.74 Å². The zero-order chi connectivity index (χ0) is 14.1. The number of methoxy groups -OCH3 is 1. The first-order valence-electron chi connectivity index (χ1n) is 6.06. The average Bonchev–Trinajstić information content (AvgIpc) is 2.89. The summed E-state index contributed by atoms with van der Waals surface area (Å²) in [5.74, 6) is 0.844. The van der Waals surface area contributed by atoms with Crippen molar-refractivity contribution >= 4 is 43.1 Å². The summed E-state index contributed by atoms with van der Waals surface area (Å²) in [4.78, 5) is 13.3. The molecule has 0 fully saturated rings. The normalized spacial score (nSPS) is 10.7. The Hall–Kier alpha value is -1.65. The highest BCUT2D eigenvalue weighted by Gasteiger charge is 2.15. The van der Waals surface area contributed by atoms with Crippen LogP contribution in [0.1, 0.15) is 15.2 Å². The fourth-order valence-electron chi connectivity index (χ4n) is 2.03. The van der Waals surface area contributed by atoms with E-state index in [4.69, 9.17) is 4.74 Å². The van der Waals surface area contributed by atoms with Gasteiger partial charge in [0.15, 0.2) is 0 Å². The summed E-state index contributed by atoms with van der Waals surface area (Å²) in [7, 11) is 1.64. The highest BCUT2D eigenvalue weighted by atomic mass is 79.9. The van der Waals surface area contributed by atoms with Gasteiger partial charge in [-0.25, -0.2) is 0 Å². The van der Waals surface area contributed by atoms with Crippen molar-refractivity contribution in [3.63, 3.8) is 0 Å². The molecule has 0 unspecified atom stereocenters. The predicted octanol–water partition coefficient (Wildman–Crippen LogP) is 4.90. The average molecular weight is 347 g/mol. The highest BCUT2D eigenvalue weighted by Crippen LogP contribution is 2.31. The smallest absolute Gasteiger partial charge is 0.204 e. The number of rotatable bonds is 3. The van der Waals surface area contributed by atoms with Crippen LogP contribution in [0.2, 0.25) is 0 Å². The van der Waals surface area contributed by atoms with Crippen molar-refractivity contribution in [3.8, 4) is 5.75 Å². The van der Waals surface area contributed by atoms with E-state index in [1.54, 1.807) is 7.11 Å². The fourth-order valence-corrected chi connectivity index (χ4v) is 3.54. The minimum Gasteiger partial charge on any atom is -0.497 e. The van der Waals surface area contributed by atoms with E-state index < -0.39 is 0 Å². The molecule has 0 atom stereocenters. The van der Waals surface area contributed by atoms with Crippen LogP contribution in [0.25, 0.3) is 10.1 Å². The van der Waals surface area contributed by atoms with Gasteiger partial charge in [0, 0.05) is 14.7 Å². The third-order valence-electron chi connectivity index (χ3n) is 3.07. The quantitative estimate of drug-likeness (QED) is 0.630. The van der Waals surface area contributed by atoms with E-state index in [0.29, 0.717) is 5.56 Å². The second kappa shape index (κ2) is 5.38. The molecule has 3 rings (SSSR count). The van der Waals surface area contributed by atoms with Gasteiger partial charge in [-0.05, 0) is 41.8 Å². The Morgan fingerprint density at radius 2 is 1.95 bits per heavy atom. The topological polar surface area (TPSA) is 26.3 Å². The van der Waals surface area contributed by atoms with E-state index >= 15 is 0 Å². The van der Waals surface area contributed by atoms with Crippen molar-refractivity contribution in [1.82, 2.24) is 0 Å². The largest absolute Gasteiger partial charge is 0.497 e. The number of ether oxygens (including phenoxy) is 1. The number of hydrogen-bond donors (Lipinski definition) is 0. The van der Waals surface area contributed by atoms with Crippen molar-refractivity contribution in [2.24, 2.45) is 0 Å². The van der Waals surface area contributed by atoms with Gasteiger partial charge in [0.25, 0.3) is 0 Å². The van der Waals surface area contributed by atoms with E-state index in [9.17, 15) is 4.79 Å². The van der Waals surface area contributed by atoms with E-state index in [1.165, 1.54) is 11.3 Å². The lowest BCUT2D eigenvalue weighted by Gasteiger charge is -2.00. The number of carbonyl (C=O) groups is 1. The Balaban J connectivity index is 2.06. The lowest BCUT2D eigenvalue weighted by Crippen LogP contribution is -1.98. The van der Waals surface area contributed by atoms with E-state index in [1.807, 2.05) is 48.5 Å². The first-order valence-corrected chi connectivity index (χ1v) is 7.67. The van der Waals surface area contributed by atoms with Crippen LogP contribution in [0.3, 0.4) is 0 Å². The van der Waals surface area contributed by atoms with Crippen LogP contribution in [-0.4, -0.2) is 12.9 Å². The fraction of sp³-hybridized carbons (Fsp3) is 0.0625. The van der Waals surface area contributed by atoms with Crippen molar-refractivity contribution in [3.05, 3.63) is 63.4 Å². The molecule has 0 radical (unpaired) electrons. The van der Waals surface area contributed by atoms with Gasteiger partial charge in [-0.15, -0.1) is 11.3 Å². The van der Waals surface area contributed by atoms with Crippen LogP contribution in [0.15, 0.2) is 53.0 Å². The van der Waals surface area contributed by atoms with Crippen molar-refractivity contribution in [1.29, 1.82) is 0 Å². The Morgan fingerprint density at radius 1 is 1.15 bits per heavy atom. The molecule has 0 aliphatic rings. The Morgan fingerprint density at radius 3 is 2.70 bits per heavy atom. The molecule has 0 N–H and O–H groups in total. The summed E-state index contributed by atoms with van der Waals surface area (Å²) < 4.78 is 7.08. The zero-order valence-electron chi connectivity index (χ0n) is 10.7. The molecule has 0 bridgehead atoms. The van der Waals surface area contributed by atoms with Gasteiger partial charge in [-0.3, -0.25) is 4.79 Å². The molecule has 0 spiro atoms. The molecule has 4 heteroatoms. The number of fused-ring (bicyclic) bond motifs is 1. The summed E-state index contributed by atoms with van der Waals surface area (Å²) in [6, 6.07) is 15.2. The molecule has 20 heavy (non-hydrogen) atoms. The molecular weight excluding hydrogens is 336 g/mol. The SMILES string of the molecule is COc1ccc2cc(C(=O)c3ccccc3Br)sc2c1. The van der Waals surface area contributed by atoms with Crippen LogP contribution in [0.5, 0.6) is 5.75 Å². The van der Waals surface area contributed by atoms with Crippen LogP contribution in [0.4, 0.5) is 0 Å². The molecule has 0 aliphatic heterocycles. The number of halogens is 1. The molecular formula is C16H11BrO2S. The molecule has 3 aromatic rings. The van der Waals surface area contributed by atoms with E-state index in [-0.39, 0.29) is 5.78 Å². The number of carbonyl (C=O) groups excluding carboxylic acids is 1. The number of ketones is 1. The lowest BCUT2D eigenvalue weighted by molar-refractivity contribution is 0.104. The number of thiophene rings is 1. The molecule has 0 aliphatic carbocycles. The minimum absolute atomic E-state index is 0.0395. The van der Waals surface area contributed by atoms with Gasteiger partial charge in [0.2, 0.25) is 5.78 Å². The summed E-state index contributed by atoms with van der Waals surface area (Å²) in [5.41, 5.74) is 0.686. The van der Waals surface area contributed by atoms with Crippen LogP contribution in [0, 0.1) is 0 Å². The van der Waals surface area contributed by atoms with Crippen molar-refractivity contribution < 1.29 is 9.53 Å². The Labute approximate surface area is 129 Å². The van der Waals surface area contributed by atoms with Crippen LogP contribution >= 0.6 is 27.3 Å². The third kappa shape index (κ3) is 2.37. The molecule has 0 saturated carbocycles. The summed E-state index contributed by atoms with van der Waals surface area (Å²) in [6.07, 6.45) is 0. The van der Waals surface area contributed by atoms with Gasteiger partial charge in [0.05, 0.1) is 12.0 Å². The lowest BCUT2D eigenvalue weighted by atomic mass is 10.1. The maximum atomic E-state index is 12.5. The molecule has 1 aromatic heterocycles. The maximum absolute atomic E-state index is 12.5. The molecule has 2 nitrogen and oxygen atoms in total. The molecule has 0 saturated heterocycles. The minimum atomic E-state index is 0.0395. The predicted molar refractivity (Wildman–Crippen MR) is 86.0 cm³/mol. The first kappa shape index (κ1) is 13.3. The van der Waals surface area contributed by atoms with Gasteiger partial charge in [-0.2, -0.15) is 0 Å². The summed E-state index contributed by atoms with van der Waals surface area (Å²) >= 11 is 4.91. The van der Waals surface area contributed by atoms with Gasteiger partial charge in [0.1, 0.15) is 5.75 Å². The van der Waals surface area contributed by atoms with Crippen LogP contribution in [-0.2, 0) is 0 Å². The van der Waals surface area contributed by atoms with E-state index in [0.717, 1.165) is 25.2 Å². The molecule has 100 valence electrons. The first-order chi connectivity index (χ1) is 9.69. The molecule has 2 aromatic carbocycles. The van der Waals surface area contributed by atoms with Gasteiger partial charge in [-0.1, -0.05) is 28.1 Å². The third-order valence-corrected chi connectivity index (χ3v) is 4.86. The zero-order valence-corrected chi connectivity index (χ0v) is 13.1. The summed E-state index contributed by atoms with van der Waals surface area (Å²) in [5, 5.41) is 1.06. The Kier molecular flexibility index (Phi) is 3.59. The standard InChI is InChI=1S/C16H11BrO2S/c1-19-11-7-6-10-8-15(20-14(10)9-11)16(18)12-4-2-3-5-13(12)17/h2-9H,1H3. The van der Waals surface area contributed by atoms with Crippen molar-refractivity contribution in [2.45, 2.75) is 0 Å². The summed E-state index contributed by atoms with van der Waals surface area (Å²) in [6.45, 7) is 0. The molecule has 1 heterocycles. The monoisotopic (exact) mass is 346 g/mol.